The first-order valence-electron chi connectivity index (χ1n) is 7.78. The van der Waals surface area contributed by atoms with Crippen molar-refractivity contribution in [1.29, 1.82) is 0 Å². The van der Waals surface area contributed by atoms with Gasteiger partial charge in [0.15, 0.2) is 0 Å². The van der Waals surface area contributed by atoms with Crippen LogP contribution in [0.5, 0.6) is 0 Å². The maximum atomic E-state index is 12.8. The first-order valence-corrected chi connectivity index (χ1v) is 10.6. The van der Waals surface area contributed by atoms with E-state index in [2.05, 4.69) is 21.4 Å². The van der Waals surface area contributed by atoms with Crippen molar-refractivity contribution in [3.8, 4) is 0 Å². The molecule has 1 N–H and O–H groups in total. The van der Waals surface area contributed by atoms with Gasteiger partial charge in [0, 0.05) is 19.6 Å². The second-order valence-corrected chi connectivity index (χ2v) is 9.19. The van der Waals surface area contributed by atoms with Gasteiger partial charge < -0.3 is 0 Å². The van der Waals surface area contributed by atoms with E-state index in [1.54, 1.807) is 18.2 Å². The van der Waals surface area contributed by atoms with Crippen molar-refractivity contribution in [1.82, 2.24) is 10.4 Å². The molecule has 0 radical (unpaired) electrons. The molecular formula is C18H10BrCl3N2O2S. The monoisotopic (exact) mass is 502 g/mol. The number of halogens is 4. The van der Waals surface area contributed by atoms with Gasteiger partial charge in [0.1, 0.15) is 16.3 Å². The van der Waals surface area contributed by atoms with Crippen LogP contribution in [-0.4, -0.2) is 22.2 Å². The number of nitrogens with zero attached hydrogens (tertiary/aromatic N) is 1. The number of hydrazine groups is 1. The summed E-state index contributed by atoms with van der Waals surface area (Å²) in [6.45, 7) is 0. The van der Waals surface area contributed by atoms with Crippen LogP contribution >= 0.6 is 62.1 Å². The molecule has 4 nitrogen and oxygen atoms in total. The molecular weight excluding hydrogens is 495 g/mol. The summed E-state index contributed by atoms with van der Waals surface area (Å²) in [7, 11) is 0. The molecule has 4 rings (SSSR count). The van der Waals surface area contributed by atoms with Gasteiger partial charge in [0.2, 0.25) is 0 Å². The highest BCUT2D eigenvalue weighted by molar-refractivity contribution is 9.10. The Hall–Kier alpha value is -1.31. The SMILES string of the molecule is O=C(NN1C(=O)C(Cl)C1c1cccc(Br)c1)c1sc2ccc(Cl)cc2c1Cl. The molecule has 0 spiro atoms. The number of rotatable bonds is 3. The molecule has 2 amide bonds. The van der Waals surface area contributed by atoms with Gasteiger partial charge in [0.05, 0.1) is 5.02 Å². The number of amides is 2. The third-order valence-electron chi connectivity index (χ3n) is 4.24. The van der Waals surface area contributed by atoms with Crippen LogP contribution in [0.3, 0.4) is 0 Å². The number of alkyl halides is 1. The number of fused-ring (bicyclic) bond motifs is 1. The summed E-state index contributed by atoms with van der Waals surface area (Å²) in [6, 6.07) is 12.2. The summed E-state index contributed by atoms with van der Waals surface area (Å²) in [5.74, 6) is -0.829. The van der Waals surface area contributed by atoms with E-state index < -0.39 is 17.3 Å². The smallest absolute Gasteiger partial charge is 0.271 e. The molecule has 1 saturated heterocycles. The molecule has 2 aromatic carbocycles. The lowest BCUT2D eigenvalue weighted by atomic mass is 9.95. The molecule has 27 heavy (non-hydrogen) atoms. The van der Waals surface area contributed by atoms with E-state index in [1.807, 2.05) is 24.3 Å². The van der Waals surface area contributed by atoms with Crippen LogP contribution < -0.4 is 5.43 Å². The van der Waals surface area contributed by atoms with Crippen LogP contribution in [0.1, 0.15) is 21.3 Å². The summed E-state index contributed by atoms with van der Waals surface area (Å²) >= 11 is 23.2. The van der Waals surface area contributed by atoms with Gasteiger partial charge in [0.25, 0.3) is 11.8 Å². The second kappa shape index (κ2) is 7.26. The van der Waals surface area contributed by atoms with Crippen molar-refractivity contribution >= 4 is 84.0 Å². The molecule has 2 atom stereocenters. The maximum absolute atomic E-state index is 12.8. The molecule has 3 aromatic rings. The predicted molar refractivity (Wildman–Crippen MR) is 113 cm³/mol. The minimum atomic E-state index is -0.740. The third-order valence-corrected chi connectivity index (χ3v) is 7.06. The van der Waals surface area contributed by atoms with Crippen molar-refractivity contribution in [2.75, 3.05) is 0 Å². The van der Waals surface area contributed by atoms with E-state index in [-0.39, 0.29) is 5.91 Å². The Morgan fingerprint density at radius 3 is 2.70 bits per heavy atom. The van der Waals surface area contributed by atoms with Crippen LogP contribution in [0, 0.1) is 0 Å². The zero-order chi connectivity index (χ0) is 19.3. The summed E-state index contributed by atoms with van der Waals surface area (Å²) in [5, 5.41) is 2.05. The van der Waals surface area contributed by atoms with E-state index in [1.165, 1.54) is 16.3 Å². The highest BCUT2D eigenvalue weighted by Crippen LogP contribution is 2.40. The predicted octanol–water partition coefficient (Wildman–Crippen LogP) is 5.81. The number of carbonyl (C=O) groups excluding carboxylic acids is 2. The van der Waals surface area contributed by atoms with Crippen LogP contribution in [0.4, 0.5) is 0 Å². The molecule has 0 bridgehead atoms. The van der Waals surface area contributed by atoms with Gasteiger partial charge in [-0.15, -0.1) is 22.9 Å². The first kappa shape index (κ1) is 19.0. The fourth-order valence-corrected chi connectivity index (χ4v) is 5.26. The topological polar surface area (TPSA) is 49.4 Å². The van der Waals surface area contributed by atoms with Crippen LogP contribution in [0.2, 0.25) is 10.0 Å². The van der Waals surface area contributed by atoms with E-state index in [0.717, 1.165) is 14.7 Å². The maximum Gasteiger partial charge on any atom is 0.281 e. The van der Waals surface area contributed by atoms with E-state index in [0.29, 0.717) is 20.3 Å². The molecule has 1 aromatic heterocycles. The standard InChI is InChI=1S/C18H10BrCl3N2O2S/c19-9-3-1-2-8(6-9)15-14(22)18(26)24(15)23-17(25)16-13(21)11-7-10(20)4-5-12(11)27-16/h1-7,14-15H,(H,23,25). The quantitative estimate of drug-likeness (QED) is 0.362. The van der Waals surface area contributed by atoms with Crippen LogP contribution in [0.15, 0.2) is 46.9 Å². The summed E-state index contributed by atoms with van der Waals surface area (Å²) in [4.78, 5) is 25.3. The molecule has 1 aliphatic heterocycles. The summed E-state index contributed by atoms with van der Waals surface area (Å²) < 4.78 is 1.70. The molecule has 0 saturated carbocycles. The van der Waals surface area contributed by atoms with Gasteiger partial charge in [-0.05, 0) is 35.9 Å². The highest BCUT2D eigenvalue weighted by atomic mass is 79.9. The van der Waals surface area contributed by atoms with Crippen molar-refractivity contribution in [3.05, 3.63) is 67.4 Å². The number of nitrogens with one attached hydrogen (secondary N) is 1. The van der Waals surface area contributed by atoms with E-state index in [9.17, 15) is 9.59 Å². The number of hydrogen-bond acceptors (Lipinski definition) is 3. The van der Waals surface area contributed by atoms with Gasteiger partial charge >= 0.3 is 0 Å². The molecule has 138 valence electrons. The van der Waals surface area contributed by atoms with Crippen molar-refractivity contribution in [2.24, 2.45) is 0 Å². The highest BCUT2D eigenvalue weighted by Gasteiger charge is 2.48. The van der Waals surface area contributed by atoms with E-state index in [4.69, 9.17) is 34.8 Å². The molecule has 2 heterocycles. The van der Waals surface area contributed by atoms with E-state index >= 15 is 0 Å². The zero-order valence-electron chi connectivity index (χ0n) is 13.4. The molecule has 9 heteroatoms. The Morgan fingerprint density at radius 2 is 1.96 bits per heavy atom. The summed E-state index contributed by atoms with van der Waals surface area (Å²) in [5.41, 5.74) is 3.45. The van der Waals surface area contributed by atoms with Gasteiger partial charge in [-0.25, -0.2) is 5.01 Å². The number of benzene rings is 2. The zero-order valence-corrected chi connectivity index (χ0v) is 18.1. The first-order chi connectivity index (χ1) is 12.9. The largest absolute Gasteiger partial charge is 0.281 e. The van der Waals surface area contributed by atoms with Crippen molar-refractivity contribution in [3.63, 3.8) is 0 Å². The van der Waals surface area contributed by atoms with Gasteiger partial charge in [-0.1, -0.05) is 51.3 Å². The number of carbonyl (C=O) groups is 2. The third kappa shape index (κ3) is 3.34. The fraction of sp³-hybridized carbons (Fsp3) is 0.111. The Bertz CT molecular complexity index is 1090. The molecule has 2 unspecified atom stereocenters. The number of thiophene rings is 1. The second-order valence-electron chi connectivity index (χ2n) is 5.94. The Kier molecular flexibility index (Phi) is 5.12. The summed E-state index contributed by atoms with van der Waals surface area (Å²) in [6.07, 6.45) is 0. The van der Waals surface area contributed by atoms with Crippen LogP contribution in [0.25, 0.3) is 10.1 Å². The molecule has 1 fully saturated rings. The fourth-order valence-electron chi connectivity index (χ4n) is 2.93. The van der Waals surface area contributed by atoms with Crippen LogP contribution in [-0.2, 0) is 4.79 Å². The molecule has 1 aliphatic rings. The van der Waals surface area contributed by atoms with Gasteiger partial charge in [-0.3, -0.25) is 15.0 Å². The number of hydrogen-bond donors (Lipinski definition) is 1. The normalized spacial score (nSPS) is 19.3. The minimum absolute atomic E-state index is 0.310. The minimum Gasteiger partial charge on any atom is -0.271 e. The van der Waals surface area contributed by atoms with Crippen molar-refractivity contribution in [2.45, 2.75) is 11.4 Å². The lowest BCUT2D eigenvalue weighted by Crippen LogP contribution is -2.63. The molecule has 0 aliphatic carbocycles. The number of β-lactam (4-membered cyclic amide) rings is 1. The van der Waals surface area contributed by atoms with Gasteiger partial charge in [-0.2, -0.15) is 0 Å². The Morgan fingerprint density at radius 1 is 1.19 bits per heavy atom. The Balaban J connectivity index is 1.62. The van der Waals surface area contributed by atoms with Crippen molar-refractivity contribution < 1.29 is 9.59 Å². The average molecular weight is 505 g/mol. The Labute approximate surface area is 182 Å². The average Bonchev–Trinajstić information content (AvgIpc) is 2.97. The lowest BCUT2D eigenvalue weighted by Gasteiger charge is -2.43. The lowest BCUT2D eigenvalue weighted by molar-refractivity contribution is -0.149.